The van der Waals surface area contributed by atoms with Gasteiger partial charge in [0.2, 0.25) is 0 Å². The number of aromatic nitrogens is 3. The third kappa shape index (κ3) is 3.74. The van der Waals surface area contributed by atoms with E-state index >= 15 is 0 Å². The van der Waals surface area contributed by atoms with Gasteiger partial charge in [0, 0.05) is 36.8 Å². The molecule has 28 heavy (non-hydrogen) atoms. The summed E-state index contributed by atoms with van der Waals surface area (Å²) in [6, 6.07) is 16.5. The van der Waals surface area contributed by atoms with Crippen molar-refractivity contribution in [2.24, 2.45) is 7.05 Å². The second-order valence-corrected chi connectivity index (χ2v) is 6.61. The molecule has 0 radical (unpaired) electrons. The van der Waals surface area contributed by atoms with Crippen LogP contribution in [0.2, 0.25) is 0 Å². The highest BCUT2D eigenvalue weighted by molar-refractivity contribution is 5.86. The zero-order valence-electron chi connectivity index (χ0n) is 16.0. The monoisotopic (exact) mass is 367 g/mol. The average Bonchev–Trinajstić information content (AvgIpc) is 3.11. The summed E-state index contributed by atoms with van der Waals surface area (Å²) in [5.74, 6) is 8.09. The Hall–Kier alpha value is -3.58. The highest BCUT2D eigenvalue weighted by Crippen LogP contribution is 2.24. The molecule has 2 aromatic carbocycles. The summed E-state index contributed by atoms with van der Waals surface area (Å²) in [6.45, 7) is 0. The van der Waals surface area contributed by atoms with Crippen molar-refractivity contribution in [2.45, 2.75) is 12.8 Å². The van der Waals surface area contributed by atoms with Gasteiger partial charge in [-0.2, -0.15) is 0 Å². The predicted octanol–water partition coefficient (Wildman–Crippen LogP) is 4.63. The Balaban J connectivity index is 1.48. The highest BCUT2D eigenvalue weighted by Gasteiger charge is 2.07. The second kappa shape index (κ2) is 7.98. The molecule has 0 atom stereocenters. The van der Waals surface area contributed by atoms with Gasteiger partial charge in [0.1, 0.15) is 5.75 Å². The Kier molecular flexibility index (Phi) is 5.07. The summed E-state index contributed by atoms with van der Waals surface area (Å²) < 4.78 is 7.23. The lowest BCUT2D eigenvalue weighted by atomic mass is 10.1. The van der Waals surface area contributed by atoms with Gasteiger partial charge in [-0.1, -0.05) is 30.2 Å². The summed E-state index contributed by atoms with van der Waals surface area (Å²) in [4.78, 5) is 8.67. The zero-order valence-corrected chi connectivity index (χ0v) is 16.0. The summed E-state index contributed by atoms with van der Waals surface area (Å²) in [7, 11) is 3.68. The van der Waals surface area contributed by atoms with Crippen LogP contribution >= 0.6 is 0 Å². The lowest BCUT2D eigenvalue weighted by molar-refractivity contribution is 0.414. The molecule has 138 valence electrons. The normalized spacial score (nSPS) is 10.5. The molecule has 0 N–H and O–H groups in total. The first-order valence-corrected chi connectivity index (χ1v) is 9.22. The maximum Gasteiger partial charge on any atom is 0.185 e. The number of rotatable bonds is 4. The van der Waals surface area contributed by atoms with Gasteiger partial charge in [-0.15, -0.1) is 0 Å². The molecule has 0 aliphatic carbocycles. The van der Waals surface area contributed by atoms with Crippen LogP contribution < -0.4 is 4.74 Å². The van der Waals surface area contributed by atoms with Crippen molar-refractivity contribution in [1.29, 1.82) is 0 Å². The molecule has 0 bridgehead atoms. The van der Waals surface area contributed by atoms with E-state index in [9.17, 15) is 0 Å². The van der Waals surface area contributed by atoms with Crippen LogP contribution in [0.15, 0.2) is 67.1 Å². The van der Waals surface area contributed by atoms with E-state index in [1.54, 1.807) is 7.11 Å². The topological polar surface area (TPSA) is 39.9 Å². The van der Waals surface area contributed by atoms with E-state index in [0.717, 1.165) is 41.1 Å². The number of nitrogens with zero attached hydrogens (tertiary/aromatic N) is 3. The lowest BCUT2D eigenvalue weighted by Gasteiger charge is -2.05. The predicted molar refractivity (Wildman–Crippen MR) is 112 cm³/mol. The third-order valence-corrected chi connectivity index (χ3v) is 4.82. The Morgan fingerprint density at radius 2 is 1.86 bits per heavy atom. The third-order valence-electron chi connectivity index (χ3n) is 4.82. The van der Waals surface area contributed by atoms with Crippen LogP contribution in [-0.4, -0.2) is 21.6 Å². The van der Waals surface area contributed by atoms with Crippen LogP contribution in [0, 0.1) is 11.8 Å². The molecule has 0 spiro atoms. The molecule has 0 amide bonds. The highest BCUT2D eigenvalue weighted by atomic mass is 16.5. The van der Waals surface area contributed by atoms with Crippen molar-refractivity contribution < 1.29 is 4.74 Å². The van der Waals surface area contributed by atoms with Crippen LogP contribution in [0.4, 0.5) is 0 Å². The van der Waals surface area contributed by atoms with Crippen molar-refractivity contribution >= 4 is 10.8 Å². The van der Waals surface area contributed by atoms with Crippen LogP contribution in [-0.2, 0) is 13.5 Å². The van der Waals surface area contributed by atoms with Gasteiger partial charge in [-0.25, -0.2) is 4.98 Å². The molecule has 0 aliphatic heterocycles. The van der Waals surface area contributed by atoms with E-state index in [1.165, 1.54) is 10.9 Å². The summed E-state index contributed by atoms with van der Waals surface area (Å²) >= 11 is 0. The van der Waals surface area contributed by atoms with E-state index in [1.807, 2.05) is 48.4 Å². The SMILES string of the molecule is COc1ccc(CCC#Cc2ncc(-c3ccc4cnccc4c3)n2C)cc1. The molecule has 0 fully saturated rings. The Morgan fingerprint density at radius 1 is 1.00 bits per heavy atom. The van der Waals surface area contributed by atoms with Gasteiger partial charge in [0.05, 0.1) is 19.0 Å². The summed E-state index contributed by atoms with van der Waals surface area (Å²) in [5.41, 5.74) is 3.43. The van der Waals surface area contributed by atoms with Crippen LogP contribution in [0.5, 0.6) is 5.75 Å². The number of aryl methyl sites for hydroxylation is 1. The van der Waals surface area contributed by atoms with E-state index in [4.69, 9.17) is 4.74 Å². The minimum absolute atomic E-state index is 0.777. The number of hydrogen-bond donors (Lipinski definition) is 0. The largest absolute Gasteiger partial charge is 0.497 e. The average molecular weight is 367 g/mol. The summed E-state index contributed by atoms with van der Waals surface area (Å²) in [5, 5.41) is 2.30. The van der Waals surface area contributed by atoms with E-state index < -0.39 is 0 Å². The van der Waals surface area contributed by atoms with Gasteiger partial charge in [-0.3, -0.25) is 4.98 Å². The zero-order chi connectivity index (χ0) is 19.3. The van der Waals surface area contributed by atoms with Crippen molar-refractivity contribution in [3.05, 3.63) is 78.5 Å². The Bertz CT molecular complexity index is 1160. The number of benzene rings is 2. The van der Waals surface area contributed by atoms with Crippen molar-refractivity contribution in [2.75, 3.05) is 7.11 Å². The molecule has 4 aromatic rings. The molecular formula is C24H21N3O. The number of imidazole rings is 1. The lowest BCUT2D eigenvalue weighted by Crippen LogP contribution is -1.95. The quantitative estimate of drug-likeness (QED) is 0.494. The van der Waals surface area contributed by atoms with Crippen molar-refractivity contribution in [1.82, 2.24) is 14.5 Å². The fourth-order valence-corrected chi connectivity index (χ4v) is 3.18. The Labute approximate surface area is 164 Å². The molecule has 0 saturated heterocycles. The first-order valence-electron chi connectivity index (χ1n) is 9.22. The molecule has 2 heterocycles. The molecule has 2 aromatic heterocycles. The van der Waals surface area contributed by atoms with E-state index in [-0.39, 0.29) is 0 Å². The number of hydrogen-bond acceptors (Lipinski definition) is 3. The smallest absolute Gasteiger partial charge is 0.185 e. The van der Waals surface area contributed by atoms with Gasteiger partial charge in [0.25, 0.3) is 0 Å². The van der Waals surface area contributed by atoms with Crippen LogP contribution in [0.1, 0.15) is 17.8 Å². The first kappa shape index (κ1) is 17.8. The number of ether oxygens (including phenoxy) is 1. The van der Waals surface area contributed by atoms with Gasteiger partial charge in [0.15, 0.2) is 5.82 Å². The maximum absolute atomic E-state index is 5.19. The van der Waals surface area contributed by atoms with Gasteiger partial charge in [-0.05, 0) is 47.6 Å². The van der Waals surface area contributed by atoms with E-state index in [0.29, 0.717) is 0 Å². The van der Waals surface area contributed by atoms with Crippen molar-refractivity contribution in [3.8, 4) is 28.8 Å². The standard InChI is InChI=1S/C24H21N3O/c1-27-23(20-9-10-21-16-25-14-13-19(21)15-20)17-26-24(27)6-4-3-5-18-7-11-22(28-2)12-8-18/h7-17H,3,5H2,1-2H3. The molecule has 0 unspecified atom stereocenters. The molecular weight excluding hydrogens is 346 g/mol. The fraction of sp³-hybridized carbons (Fsp3) is 0.167. The molecule has 4 heteroatoms. The molecule has 0 aliphatic rings. The number of pyridine rings is 1. The molecule has 0 saturated carbocycles. The van der Waals surface area contributed by atoms with Crippen LogP contribution in [0.3, 0.4) is 0 Å². The van der Waals surface area contributed by atoms with Crippen LogP contribution in [0.25, 0.3) is 22.0 Å². The minimum atomic E-state index is 0.777. The van der Waals surface area contributed by atoms with E-state index in [2.05, 4.69) is 52.1 Å². The van der Waals surface area contributed by atoms with Gasteiger partial charge < -0.3 is 9.30 Å². The Morgan fingerprint density at radius 3 is 2.68 bits per heavy atom. The number of methoxy groups -OCH3 is 1. The summed E-state index contributed by atoms with van der Waals surface area (Å²) in [6.07, 6.45) is 7.28. The number of fused-ring (bicyclic) bond motifs is 1. The molecule has 4 nitrogen and oxygen atoms in total. The maximum atomic E-state index is 5.19. The second-order valence-electron chi connectivity index (χ2n) is 6.61. The molecule has 4 rings (SSSR count). The fourth-order valence-electron chi connectivity index (χ4n) is 3.18. The van der Waals surface area contributed by atoms with Gasteiger partial charge >= 0.3 is 0 Å². The first-order chi connectivity index (χ1) is 13.7. The van der Waals surface area contributed by atoms with Crippen molar-refractivity contribution in [3.63, 3.8) is 0 Å². The minimum Gasteiger partial charge on any atom is -0.497 e.